The predicted octanol–water partition coefficient (Wildman–Crippen LogP) is 3.95. The molecule has 23 heavy (non-hydrogen) atoms. The van der Waals surface area contributed by atoms with Gasteiger partial charge in [0.25, 0.3) is 0 Å². The van der Waals surface area contributed by atoms with Crippen molar-refractivity contribution < 1.29 is 19.1 Å². The monoisotopic (exact) mass is 373 g/mol. The summed E-state index contributed by atoms with van der Waals surface area (Å²) >= 11 is 13.4. The maximum absolute atomic E-state index is 11.0. The SMILES string of the molecule is O=C(O)C1CSC(c2ccc(COc3ccc(Cl)cc3Cl)o2)N1. The molecule has 2 N–H and O–H groups in total. The van der Waals surface area contributed by atoms with Gasteiger partial charge in [0.1, 0.15) is 35.3 Å². The molecule has 1 aliphatic heterocycles. The van der Waals surface area contributed by atoms with Gasteiger partial charge in [0.05, 0.1) is 5.02 Å². The molecule has 1 fully saturated rings. The van der Waals surface area contributed by atoms with Gasteiger partial charge < -0.3 is 14.3 Å². The van der Waals surface area contributed by atoms with Crippen LogP contribution in [0.1, 0.15) is 16.9 Å². The van der Waals surface area contributed by atoms with Crippen LogP contribution < -0.4 is 10.1 Å². The van der Waals surface area contributed by atoms with Crippen molar-refractivity contribution in [3.05, 3.63) is 51.9 Å². The van der Waals surface area contributed by atoms with Crippen molar-refractivity contribution in [3.63, 3.8) is 0 Å². The first-order valence-electron chi connectivity index (χ1n) is 6.80. The molecule has 122 valence electrons. The Kier molecular flexibility index (Phi) is 5.06. The Balaban J connectivity index is 1.60. The number of aliphatic carboxylic acids is 1. The molecule has 0 saturated carbocycles. The number of rotatable bonds is 5. The summed E-state index contributed by atoms with van der Waals surface area (Å²) in [6, 6.07) is 8.06. The quantitative estimate of drug-likeness (QED) is 0.826. The molecule has 8 heteroatoms. The molecule has 1 aromatic carbocycles. The minimum atomic E-state index is -0.854. The third-order valence-corrected chi connectivity index (χ3v) is 5.04. The van der Waals surface area contributed by atoms with Gasteiger partial charge in [-0.1, -0.05) is 23.2 Å². The third kappa shape index (κ3) is 3.95. The first-order valence-corrected chi connectivity index (χ1v) is 8.60. The average molecular weight is 374 g/mol. The van der Waals surface area contributed by atoms with Crippen LogP contribution in [0.15, 0.2) is 34.7 Å². The van der Waals surface area contributed by atoms with E-state index in [0.29, 0.717) is 33.1 Å². The van der Waals surface area contributed by atoms with Gasteiger partial charge >= 0.3 is 5.97 Å². The molecule has 1 aliphatic rings. The number of ether oxygens (including phenoxy) is 1. The van der Waals surface area contributed by atoms with Gasteiger partial charge in [0.15, 0.2) is 0 Å². The lowest BCUT2D eigenvalue weighted by molar-refractivity contribution is -0.138. The predicted molar refractivity (Wildman–Crippen MR) is 89.3 cm³/mol. The molecule has 1 saturated heterocycles. The summed E-state index contributed by atoms with van der Waals surface area (Å²) < 4.78 is 11.3. The third-order valence-electron chi connectivity index (χ3n) is 3.28. The highest BCUT2D eigenvalue weighted by Crippen LogP contribution is 2.34. The van der Waals surface area contributed by atoms with Crippen molar-refractivity contribution in [2.45, 2.75) is 18.0 Å². The van der Waals surface area contributed by atoms with Crippen molar-refractivity contribution in [2.75, 3.05) is 5.75 Å². The van der Waals surface area contributed by atoms with E-state index >= 15 is 0 Å². The molecule has 0 aliphatic carbocycles. The van der Waals surface area contributed by atoms with Crippen LogP contribution in [0.5, 0.6) is 5.75 Å². The van der Waals surface area contributed by atoms with Crippen LogP contribution in [0.2, 0.25) is 10.0 Å². The van der Waals surface area contributed by atoms with Crippen LogP contribution >= 0.6 is 35.0 Å². The van der Waals surface area contributed by atoms with E-state index in [9.17, 15) is 4.79 Å². The number of halogens is 2. The van der Waals surface area contributed by atoms with Crippen molar-refractivity contribution in [1.82, 2.24) is 5.32 Å². The Morgan fingerprint density at radius 3 is 2.91 bits per heavy atom. The van der Waals surface area contributed by atoms with Crippen molar-refractivity contribution >= 4 is 40.9 Å². The molecular formula is C15H13Cl2NO4S. The number of carboxylic acids is 1. The Bertz CT molecular complexity index is 721. The second-order valence-electron chi connectivity index (χ2n) is 4.94. The molecule has 2 unspecified atom stereocenters. The molecule has 0 bridgehead atoms. The number of carbonyl (C=O) groups is 1. The molecule has 0 amide bonds. The van der Waals surface area contributed by atoms with Crippen LogP contribution in [0.4, 0.5) is 0 Å². The van der Waals surface area contributed by atoms with Gasteiger partial charge in [-0.2, -0.15) is 0 Å². The van der Waals surface area contributed by atoms with Gasteiger partial charge in [-0.05, 0) is 30.3 Å². The van der Waals surface area contributed by atoms with E-state index in [1.165, 1.54) is 11.8 Å². The lowest BCUT2D eigenvalue weighted by Crippen LogP contribution is -2.33. The highest BCUT2D eigenvalue weighted by atomic mass is 35.5. The van der Waals surface area contributed by atoms with Gasteiger partial charge in [-0.25, -0.2) is 0 Å². The fourth-order valence-electron chi connectivity index (χ4n) is 2.13. The molecule has 0 spiro atoms. The number of benzene rings is 1. The zero-order valence-corrected chi connectivity index (χ0v) is 14.1. The molecule has 2 heterocycles. The first-order chi connectivity index (χ1) is 11.0. The summed E-state index contributed by atoms with van der Waals surface area (Å²) in [5, 5.41) is 12.8. The van der Waals surface area contributed by atoms with Crippen LogP contribution in [-0.4, -0.2) is 22.9 Å². The maximum atomic E-state index is 11.0. The zero-order chi connectivity index (χ0) is 16.4. The topological polar surface area (TPSA) is 71.7 Å². The molecule has 2 atom stereocenters. The van der Waals surface area contributed by atoms with Crippen molar-refractivity contribution in [3.8, 4) is 5.75 Å². The van der Waals surface area contributed by atoms with E-state index in [4.69, 9.17) is 37.5 Å². The second-order valence-corrected chi connectivity index (χ2v) is 6.92. The molecule has 5 nitrogen and oxygen atoms in total. The lowest BCUT2D eigenvalue weighted by Gasteiger charge is -2.08. The minimum Gasteiger partial charge on any atom is -0.484 e. The number of thioether (sulfide) groups is 1. The summed E-state index contributed by atoms with van der Waals surface area (Å²) in [5.41, 5.74) is 0. The molecule has 2 aromatic rings. The van der Waals surface area contributed by atoms with Crippen molar-refractivity contribution in [2.24, 2.45) is 0 Å². The average Bonchev–Trinajstić information content (AvgIpc) is 3.15. The summed E-state index contributed by atoms with van der Waals surface area (Å²) in [7, 11) is 0. The van der Waals surface area contributed by atoms with Gasteiger partial charge in [0.2, 0.25) is 0 Å². The second kappa shape index (κ2) is 7.05. The zero-order valence-electron chi connectivity index (χ0n) is 11.8. The van der Waals surface area contributed by atoms with Gasteiger partial charge in [-0.15, -0.1) is 11.8 Å². The maximum Gasteiger partial charge on any atom is 0.321 e. The van der Waals surface area contributed by atoms with Crippen LogP contribution in [-0.2, 0) is 11.4 Å². The van der Waals surface area contributed by atoms with E-state index in [0.717, 1.165) is 0 Å². The highest BCUT2D eigenvalue weighted by molar-refractivity contribution is 7.99. The number of carboxylic acid groups (broad SMARTS) is 1. The smallest absolute Gasteiger partial charge is 0.321 e. The minimum absolute atomic E-state index is 0.163. The van der Waals surface area contributed by atoms with E-state index in [1.807, 2.05) is 6.07 Å². The van der Waals surface area contributed by atoms with E-state index in [1.54, 1.807) is 24.3 Å². The van der Waals surface area contributed by atoms with E-state index in [2.05, 4.69) is 5.32 Å². The summed E-state index contributed by atoms with van der Waals surface area (Å²) in [5.74, 6) is 1.49. The molecule has 1 aromatic heterocycles. The highest BCUT2D eigenvalue weighted by Gasteiger charge is 2.32. The van der Waals surface area contributed by atoms with Crippen LogP contribution in [0.25, 0.3) is 0 Å². The summed E-state index contributed by atoms with van der Waals surface area (Å²) in [6.45, 7) is 0.223. The fraction of sp³-hybridized carbons (Fsp3) is 0.267. The van der Waals surface area contributed by atoms with Crippen LogP contribution in [0.3, 0.4) is 0 Å². The Hall–Kier alpha value is -1.34. The number of hydrogen-bond acceptors (Lipinski definition) is 5. The van der Waals surface area contributed by atoms with Gasteiger partial charge in [0, 0.05) is 10.8 Å². The Morgan fingerprint density at radius 2 is 2.22 bits per heavy atom. The fourth-order valence-corrected chi connectivity index (χ4v) is 3.77. The Labute approximate surface area is 146 Å². The lowest BCUT2D eigenvalue weighted by atomic mass is 10.3. The number of nitrogens with one attached hydrogen (secondary N) is 1. The molecular weight excluding hydrogens is 361 g/mol. The summed E-state index contributed by atoms with van der Waals surface area (Å²) in [4.78, 5) is 11.0. The molecule has 0 radical (unpaired) electrons. The van der Waals surface area contributed by atoms with E-state index in [-0.39, 0.29) is 12.0 Å². The molecule has 3 rings (SSSR count). The standard InChI is InChI=1S/C15H13Cl2NO4S/c16-8-1-3-12(10(17)5-8)21-6-9-2-4-13(22-9)14-18-11(7-23-14)15(19)20/h1-5,11,14,18H,6-7H2,(H,19,20). The normalized spacial score (nSPS) is 20.6. The van der Waals surface area contributed by atoms with Crippen LogP contribution in [0, 0.1) is 0 Å². The largest absolute Gasteiger partial charge is 0.484 e. The van der Waals surface area contributed by atoms with Gasteiger partial charge in [-0.3, -0.25) is 10.1 Å². The first kappa shape index (κ1) is 16.5. The number of hydrogen-bond donors (Lipinski definition) is 2. The summed E-state index contributed by atoms with van der Waals surface area (Å²) in [6.07, 6.45) is 0. The number of furan rings is 1. The van der Waals surface area contributed by atoms with E-state index < -0.39 is 12.0 Å². The van der Waals surface area contributed by atoms with Crippen molar-refractivity contribution in [1.29, 1.82) is 0 Å². The Morgan fingerprint density at radius 1 is 1.39 bits per heavy atom.